The van der Waals surface area contributed by atoms with Crippen LogP contribution in [0.2, 0.25) is 0 Å². The van der Waals surface area contributed by atoms with Crippen molar-refractivity contribution in [2.24, 2.45) is 0 Å². The predicted octanol–water partition coefficient (Wildman–Crippen LogP) is 0.479. The van der Waals surface area contributed by atoms with Crippen molar-refractivity contribution in [3.8, 4) is 0 Å². The van der Waals surface area contributed by atoms with Crippen LogP contribution in [0.3, 0.4) is 0 Å². The number of para-hydroxylation sites is 1. The highest BCUT2D eigenvalue weighted by molar-refractivity contribution is 5.86. The SMILES string of the molecule is O=C(Cc1noc2ccccc12)NCCO. The van der Waals surface area contributed by atoms with E-state index in [1.807, 2.05) is 18.2 Å². The molecule has 0 saturated carbocycles. The van der Waals surface area contributed by atoms with Gasteiger partial charge in [-0.3, -0.25) is 4.79 Å². The molecule has 0 atom stereocenters. The maximum absolute atomic E-state index is 11.4. The predicted molar refractivity (Wildman–Crippen MR) is 57.8 cm³/mol. The summed E-state index contributed by atoms with van der Waals surface area (Å²) in [5.41, 5.74) is 1.29. The van der Waals surface area contributed by atoms with Crippen LogP contribution in [0, 0.1) is 0 Å². The molecular formula is C11H12N2O3. The number of aromatic nitrogens is 1. The topological polar surface area (TPSA) is 75.4 Å². The first-order valence-electron chi connectivity index (χ1n) is 5.02. The van der Waals surface area contributed by atoms with Gasteiger partial charge in [-0.25, -0.2) is 0 Å². The van der Waals surface area contributed by atoms with E-state index in [4.69, 9.17) is 9.63 Å². The fourth-order valence-electron chi connectivity index (χ4n) is 1.48. The number of rotatable bonds is 4. The average Bonchev–Trinajstić information content (AvgIpc) is 2.70. The number of benzene rings is 1. The largest absolute Gasteiger partial charge is 0.395 e. The molecule has 1 aromatic heterocycles. The number of aliphatic hydroxyl groups is 1. The fourth-order valence-corrected chi connectivity index (χ4v) is 1.48. The lowest BCUT2D eigenvalue weighted by Crippen LogP contribution is -2.27. The van der Waals surface area contributed by atoms with Crippen molar-refractivity contribution in [1.29, 1.82) is 0 Å². The molecule has 5 nitrogen and oxygen atoms in total. The number of fused-ring (bicyclic) bond motifs is 1. The van der Waals surface area contributed by atoms with Gasteiger partial charge in [-0.05, 0) is 12.1 Å². The number of hydrogen-bond acceptors (Lipinski definition) is 4. The van der Waals surface area contributed by atoms with Crippen molar-refractivity contribution in [2.75, 3.05) is 13.2 Å². The molecule has 1 aromatic carbocycles. The summed E-state index contributed by atoms with van der Waals surface area (Å²) in [7, 11) is 0. The minimum absolute atomic E-state index is 0.0642. The number of aliphatic hydroxyl groups excluding tert-OH is 1. The Hall–Kier alpha value is -1.88. The van der Waals surface area contributed by atoms with E-state index in [1.54, 1.807) is 6.07 Å². The van der Waals surface area contributed by atoms with E-state index in [0.29, 0.717) is 11.3 Å². The van der Waals surface area contributed by atoms with E-state index in [9.17, 15) is 4.79 Å². The Kier molecular flexibility index (Phi) is 3.16. The van der Waals surface area contributed by atoms with Crippen LogP contribution in [-0.2, 0) is 11.2 Å². The van der Waals surface area contributed by atoms with Crippen LogP contribution in [-0.4, -0.2) is 29.3 Å². The van der Waals surface area contributed by atoms with Gasteiger partial charge in [0.15, 0.2) is 5.58 Å². The van der Waals surface area contributed by atoms with Gasteiger partial charge in [0, 0.05) is 11.9 Å². The zero-order valence-electron chi connectivity index (χ0n) is 8.64. The number of nitrogens with one attached hydrogen (secondary N) is 1. The van der Waals surface area contributed by atoms with Crippen LogP contribution >= 0.6 is 0 Å². The maximum atomic E-state index is 11.4. The molecule has 0 aliphatic carbocycles. The van der Waals surface area contributed by atoms with Gasteiger partial charge in [0.2, 0.25) is 5.91 Å². The molecule has 16 heavy (non-hydrogen) atoms. The highest BCUT2D eigenvalue weighted by atomic mass is 16.5. The smallest absolute Gasteiger partial charge is 0.226 e. The van der Waals surface area contributed by atoms with Crippen molar-refractivity contribution >= 4 is 16.9 Å². The second-order valence-corrected chi connectivity index (χ2v) is 3.38. The molecule has 5 heteroatoms. The lowest BCUT2D eigenvalue weighted by Gasteiger charge is -2.00. The van der Waals surface area contributed by atoms with E-state index in [-0.39, 0.29) is 25.5 Å². The third kappa shape index (κ3) is 2.20. The van der Waals surface area contributed by atoms with Crippen LogP contribution < -0.4 is 5.32 Å². The van der Waals surface area contributed by atoms with Crippen LogP contribution in [0.1, 0.15) is 5.69 Å². The van der Waals surface area contributed by atoms with Crippen molar-refractivity contribution < 1.29 is 14.4 Å². The second kappa shape index (κ2) is 4.76. The molecule has 0 spiro atoms. The Morgan fingerprint density at radius 1 is 1.44 bits per heavy atom. The van der Waals surface area contributed by atoms with Gasteiger partial charge in [0.1, 0.15) is 5.69 Å². The van der Waals surface area contributed by atoms with Crippen molar-refractivity contribution in [3.05, 3.63) is 30.0 Å². The van der Waals surface area contributed by atoms with Crippen molar-refractivity contribution in [3.63, 3.8) is 0 Å². The van der Waals surface area contributed by atoms with Crippen molar-refractivity contribution in [1.82, 2.24) is 10.5 Å². The minimum Gasteiger partial charge on any atom is -0.395 e. The van der Waals surface area contributed by atoms with Gasteiger partial charge in [0.25, 0.3) is 0 Å². The normalized spacial score (nSPS) is 10.6. The molecule has 2 rings (SSSR count). The zero-order valence-corrected chi connectivity index (χ0v) is 8.64. The van der Waals surface area contributed by atoms with E-state index < -0.39 is 0 Å². The Balaban J connectivity index is 2.12. The van der Waals surface area contributed by atoms with Gasteiger partial charge in [-0.2, -0.15) is 0 Å². The monoisotopic (exact) mass is 220 g/mol. The standard InChI is InChI=1S/C11H12N2O3/c14-6-5-12-11(15)7-9-8-3-1-2-4-10(8)16-13-9/h1-4,14H,5-7H2,(H,12,15). The number of amides is 1. The average molecular weight is 220 g/mol. The van der Waals surface area contributed by atoms with E-state index >= 15 is 0 Å². The van der Waals surface area contributed by atoms with Gasteiger partial charge in [0.05, 0.1) is 13.0 Å². The highest BCUT2D eigenvalue weighted by Crippen LogP contribution is 2.17. The number of hydrogen-bond donors (Lipinski definition) is 2. The summed E-state index contributed by atoms with van der Waals surface area (Å²) >= 11 is 0. The number of carbonyl (C=O) groups is 1. The first-order valence-corrected chi connectivity index (χ1v) is 5.02. The third-order valence-electron chi connectivity index (χ3n) is 2.21. The fraction of sp³-hybridized carbons (Fsp3) is 0.273. The number of nitrogens with zero attached hydrogens (tertiary/aromatic N) is 1. The van der Waals surface area contributed by atoms with E-state index in [0.717, 1.165) is 5.39 Å². The summed E-state index contributed by atoms with van der Waals surface area (Å²) in [4.78, 5) is 11.4. The van der Waals surface area contributed by atoms with Crippen LogP contribution in [0.5, 0.6) is 0 Å². The Labute approximate surface area is 92.0 Å². The second-order valence-electron chi connectivity index (χ2n) is 3.38. The number of carbonyl (C=O) groups excluding carboxylic acids is 1. The third-order valence-corrected chi connectivity index (χ3v) is 2.21. The van der Waals surface area contributed by atoms with Crippen molar-refractivity contribution in [2.45, 2.75) is 6.42 Å². The first kappa shape index (κ1) is 10.6. The Morgan fingerprint density at radius 3 is 3.06 bits per heavy atom. The molecule has 0 fully saturated rings. The molecule has 0 saturated heterocycles. The Bertz CT molecular complexity index is 493. The first-order chi connectivity index (χ1) is 7.81. The summed E-state index contributed by atoms with van der Waals surface area (Å²) in [5.74, 6) is -0.173. The molecule has 1 heterocycles. The Morgan fingerprint density at radius 2 is 2.25 bits per heavy atom. The molecule has 0 unspecified atom stereocenters. The quantitative estimate of drug-likeness (QED) is 0.785. The molecule has 1 amide bonds. The lowest BCUT2D eigenvalue weighted by atomic mass is 10.2. The summed E-state index contributed by atoms with van der Waals surface area (Å²) in [5, 5.41) is 15.8. The van der Waals surface area contributed by atoms with Gasteiger partial charge in [-0.1, -0.05) is 17.3 Å². The van der Waals surface area contributed by atoms with Gasteiger partial charge in [-0.15, -0.1) is 0 Å². The van der Waals surface area contributed by atoms with Gasteiger partial charge >= 0.3 is 0 Å². The highest BCUT2D eigenvalue weighted by Gasteiger charge is 2.11. The molecule has 2 N–H and O–H groups in total. The summed E-state index contributed by atoms with van der Waals surface area (Å²) in [6.45, 7) is 0.194. The molecule has 2 aromatic rings. The minimum atomic E-state index is -0.173. The zero-order chi connectivity index (χ0) is 11.4. The van der Waals surface area contributed by atoms with E-state index in [1.165, 1.54) is 0 Å². The van der Waals surface area contributed by atoms with E-state index in [2.05, 4.69) is 10.5 Å². The molecule has 84 valence electrons. The summed E-state index contributed by atoms with van der Waals surface area (Å²) in [6, 6.07) is 7.38. The van der Waals surface area contributed by atoms with Crippen LogP contribution in [0.15, 0.2) is 28.8 Å². The summed E-state index contributed by atoms with van der Waals surface area (Å²) in [6.07, 6.45) is 0.164. The lowest BCUT2D eigenvalue weighted by molar-refractivity contribution is -0.120. The molecule has 0 radical (unpaired) electrons. The van der Waals surface area contributed by atoms with Gasteiger partial charge < -0.3 is 14.9 Å². The molecule has 0 bridgehead atoms. The summed E-state index contributed by atoms with van der Waals surface area (Å²) < 4.78 is 5.07. The molecule has 0 aliphatic heterocycles. The maximum Gasteiger partial charge on any atom is 0.226 e. The molecule has 0 aliphatic rings. The van der Waals surface area contributed by atoms with Crippen LogP contribution in [0.4, 0.5) is 0 Å². The molecular weight excluding hydrogens is 208 g/mol. The van der Waals surface area contributed by atoms with Crippen LogP contribution in [0.25, 0.3) is 11.0 Å².